The SMILES string of the molecule is COC1(CCCN(C)C)[C]=CC=CC1=O. The lowest BCUT2D eigenvalue weighted by Gasteiger charge is -2.27. The van der Waals surface area contributed by atoms with E-state index < -0.39 is 5.60 Å². The highest BCUT2D eigenvalue weighted by Crippen LogP contribution is 2.23. The molecule has 0 N–H and O–H groups in total. The van der Waals surface area contributed by atoms with E-state index in [1.165, 1.54) is 0 Å². The Hall–Kier alpha value is -0.930. The van der Waals surface area contributed by atoms with Gasteiger partial charge in [0, 0.05) is 7.11 Å². The van der Waals surface area contributed by atoms with Crippen LogP contribution >= 0.6 is 0 Å². The Kier molecular flexibility index (Phi) is 4.24. The van der Waals surface area contributed by atoms with E-state index in [1.807, 2.05) is 14.1 Å². The molecule has 0 aromatic rings. The topological polar surface area (TPSA) is 29.5 Å². The van der Waals surface area contributed by atoms with Crippen LogP contribution in [0.2, 0.25) is 0 Å². The van der Waals surface area contributed by atoms with Crippen LogP contribution in [0.1, 0.15) is 12.8 Å². The molecule has 3 heteroatoms. The highest BCUT2D eigenvalue weighted by atomic mass is 16.5. The molecule has 0 heterocycles. The third-order valence-electron chi connectivity index (χ3n) is 2.54. The zero-order valence-electron chi connectivity index (χ0n) is 9.62. The molecule has 0 saturated heterocycles. The number of rotatable bonds is 5. The molecule has 0 spiro atoms. The van der Waals surface area contributed by atoms with Crippen molar-refractivity contribution in [3.05, 3.63) is 24.3 Å². The Morgan fingerprint density at radius 3 is 2.80 bits per heavy atom. The largest absolute Gasteiger partial charge is 0.365 e. The Labute approximate surface area is 91.4 Å². The van der Waals surface area contributed by atoms with Crippen LogP contribution in [0.15, 0.2) is 18.2 Å². The van der Waals surface area contributed by atoms with Crippen molar-refractivity contribution in [2.24, 2.45) is 0 Å². The average Bonchev–Trinajstić information content (AvgIpc) is 2.21. The molecule has 0 bridgehead atoms. The van der Waals surface area contributed by atoms with E-state index in [0.717, 1.165) is 13.0 Å². The first-order chi connectivity index (χ1) is 7.10. The minimum absolute atomic E-state index is 0.00810. The molecule has 0 aromatic carbocycles. The van der Waals surface area contributed by atoms with E-state index in [9.17, 15) is 4.79 Å². The number of carbonyl (C=O) groups excluding carboxylic acids is 1. The van der Waals surface area contributed by atoms with E-state index in [-0.39, 0.29) is 5.78 Å². The molecule has 1 atom stereocenters. The van der Waals surface area contributed by atoms with Crippen molar-refractivity contribution in [3.8, 4) is 0 Å². The molecule has 0 saturated carbocycles. The lowest BCUT2D eigenvalue weighted by Crippen LogP contribution is -2.40. The normalized spacial score (nSPS) is 25.2. The van der Waals surface area contributed by atoms with Gasteiger partial charge in [-0.2, -0.15) is 0 Å². The maximum atomic E-state index is 11.7. The zero-order chi connectivity index (χ0) is 11.3. The van der Waals surface area contributed by atoms with Crippen molar-refractivity contribution in [1.82, 2.24) is 4.90 Å². The van der Waals surface area contributed by atoms with Crippen LogP contribution in [0.5, 0.6) is 0 Å². The molecule has 1 unspecified atom stereocenters. The Bertz CT molecular complexity index is 281. The van der Waals surface area contributed by atoms with Gasteiger partial charge in [-0.25, -0.2) is 0 Å². The molecule has 1 rings (SSSR count). The van der Waals surface area contributed by atoms with E-state index in [2.05, 4.69) is 11.0 Å². The van der Waals surface area contributed by atoms with E-state index in [1.54, 1.807) is 25.3 Å². The number of hydrogen-bond acceptors (Lipinski definition) is 3. The molecule has 1 aliphatic carbocycles. The molecule has 0 aliphatic heterocycles. The van der Waals surface area contributed by atoms with Crippen LogP contribution in [0, 0.1) is 6.08 Å². The Balaban J connectivity index is 2.57. The first-order valence-corrected chi connectivity index (χ1v) is 5.12. The molecule has 3 nitrogen and oxygen atoms in total. The van der Waals surface area contributed by atoms with Crippen LogP contribution in [-0.4, -0.2) is 44.0 Å². The molecule has 0 amide bonds. The second-order valence-corrected chi connectivity index (χ2v) is 3.97. The summed E-state index contributed by atoms with van der Waals surface area (Å²) in [6, 6.07) is 0. The van der Waals surface area contributed by atoms with Gasteiger partial charge < -0.3 is 9.64 Å². The fraction of sp³-hybridized carbons (Fsp3) is 0.583. The lowest BCUT2D eigenvalue weighted by molar-refractivity contribution is -0.132. The van der Waals surface area contributed by atoms with Crippen molar-refractivity contribution in [1.29, 1.82) is 0 Å². The average molecular weight is 208 g/mol. The molecule has 15 heavy (non-hydrogen) atoms. The first-order valence-electron chi connectivity index (χ1n) is 5.12. The molecule has 1 radical (unpaired) electrons. The summed E-state index contributed by atoms with van der Waals surface area (Å²) in [5, 5.41) is 0. The minimum Gasteiger partial charge on any atom is -0.365 e. The third kappa shape index (κ3) is 3.01. The van der Waals surface area contributed by atoms with Crippen LogP contribution in [0.4, 0.5) is 0 Å². The van der Waals surface area contributed by atoms with Gasteiger partial charge in [-0.05, 0) is 45.6 Å². The van der Waals surface area contributed by atoms with Gasteiger partial charge in [0.15, 0.2) is 11.4 Å². The van der Waals surface area contributed by atoms with Gasteiger partial charge in [0.1, 0.15) is 0 Å². The second kappa shape index (κ2) is 5.24. The Morgan fingerprint density at radius 2 is 2.27 bits per heavy atom. The summed E-state index contributed by atoms with van der Waals surface area (Å²) < 4.78 is 5.31. The molecular weight excluding hydrogens is 190 g/mol. The highest BCUT2D eigenvalue weighted by Gasteiger charge is 2.35. The number of ether oxygens (including phenoxy) is 1. The number of methoxy groups -OCH3 is 1. The summed E-state index contributed by atoms with van der Waals surface area (Å²) in [7, 11) is 5.59. The van der Waals surface area contributed by atoms with Crippen LogP contribution in [0.25, 0.3) is 0 Å². The summed E-state index contributed by atoms with van der Waals surface area (Å²) in [5.41, 5.74) is -0.843. The third-order valence-corrected chi connectivity index (χ3v) is 2.54. The van der Waals surface area contributed by atoms with Gasteiger partial charge in [-0.15, -0.1) is 0 Å². The van der Waals surface area contributed by atoms with Crippen molar-refractivity contribution in [2.75, 3.05) is 27.7 Å². The maximum absolute atomic E-state index is 11.7. The van der Waals surface area contributed by atoms with Crippen molar-refractivity contribution < 1.29 is 9.53 Å². The van der Waals surface area contributed by atoms with Gasteiger partial charge in [0.05, 0.1) is 0 Å². The fourth-order valence-electron chi connectivity index (χ4n) is 1.63. The Morgan fingerprint density at radius 1 is 1.53 bits per heavy atom. The molecule has 0 aromatic heterocycles. The van der Waals surface area contributed by atoms with E-state index in [4.69, 9.17) is 4.74 Å². The predicted octanol–water partition coefficient (Wildman–Crippen LogP) is 1.21. The molecular formula is C12H18NO2. The monoisotopic (exact) mass is 208 g/mol. The number of allylic oxidation sites excluding steroid dienone is 2. The quantitative estimate of drug-likeness (QED) is 0.680. The van der Waals surface area contributed by atoms with Crippen molar-refractivity contribution >= 4 is 5.78 Å². The number of hydrogen-bond donors (Lipinski definition) is 0. The molecule has 83 valence electrons. The lowest BCUT2D eigenvalue weighted by atomic mass is 9.89. The maximum Gasteiger partial charge on any atom is 0.192 e. The second-order valence-electron chi connectivity index (χ2n) is 3.97. The smallest absolute Gasteiger partial charge is 0.192 e. The minimum atomic E-state index is -0.843. The van der Waals surface area contributed by atoms with E-state index in [0.29, 0.717) is 6.42 Å². The summed E-state index contributed by atoms with van der Waals surface area (Å²) in [5.74, 6) is -0.00810. The zero-order valence-corrected chi connectivity index (χ0v) is 9.62. The standard InChI is InChI=1S/C12H18NO2/c1-13(2)10-6-9-12(15-3)8-5-4-7-11(12)14/h4-5,7H,6,9-10H2,1-3H3. The van der Waals surface area contributed by atoms with Crippen molar-refractivity contribution in [3.63, 3.8) is 0 Å². The fourth-order valence-corrected chi connectivity index (χ4v) is 1.63. The van der Waals surface area contributed by atoms with E-state index >= 15 is 0 Å². The number of carbonyl (C=O) groups is 1. The van der Waals surface area contributed by atoms with Gasteiger partial charge >= 0.3 is 0 Å². The van der Waals surface area contributed by atoms with Gasteiger partial charge in [-0.1, -0.05) is 12.2 Å². The summed E-state index contributed by atoms with van der Waals surface area (Å²) >= 11 is 0. The highest BCUT2D eigenvalue weighted by molar-refractivity contribution is 5.99. The summed E-state index contributed by atoms with van der Waals surface area (Å²) in [6.45, 7) is 0.948. The van der Waals surface area contributed by atoms with Gasteiger partial charge in [-0.3, -0.25) is 4.79 Å². The molecule has 0 fully saturated rings. The summed E-state index contributed by atoms with van der Waals surface area (Å²) in [4.78, 5) is 13.8. The summed E-state index contributed by atoms with van der Waals surface area (Å²) in [6.07, 6.45) is 9.61. The van der Waals surface area contributed by atoms with Crippen LogP contribution in [-0.2, 0) is 9.53 Å². The van der Waals surface area contributed by atoms with Crippen LogP contribution in [0.3, 0.4) is 0 Å². The van der Waals surface area contributed by atoms with Gasteiger partial charge in [0.25, 0.3) is 0 Å². The number of nitrogens with zero attached hydrogens (tertiary/aromatic N) is 1. The van der Waals surface area contributed by atoms with Crippen molar-refractivity contribution in [2.45, 2.75) is 18.4 Å². The predicted molar refractivity (Wildman–Crippen MR) is 59.5 cm³/mol. The van der Waals surface area contributed by atoms with Gasteiger partial charge in [0.2, 0.25) is 0 Å². The number of ketones is 1. The first kappa shape index (κ1) is 12.1. The van der Waals surface area contributed by atoms with Crippen LogP contribution < -0.4 is 0 Å². The molecule has 1 aliphatic rings.